The minimum absolute atomic E-state index is 0.0733. The predicted molar refractivity (Wildman–Crippen MR) is 127 cm³/mol. The van der Waals surface area contributed by atoms with Crippen molar-refractivity contribution in [3.8, 4) is 22.8 Å². The van der Waals surface area contributed by atoms with Crippen molar-refractivity contribution in [1.29, 1.82) is 0 Å². The molecule has 5 rings (SSSR count). The molecule has 35 heavy (non-hydrogen) atoms. The van der Waals surface area contributed by atoms with Crippen LogP contribution in [0.5, 0.6) is 5.88 Å². The first kappa shape index (κ1) is 23.7. The van der Waals surface area contributed by atoms with Crippen molar-refractivity contribution >= 4 is 5.82 Å². The fourth-order valence-electron chi connectivity index (χ4n) is 4.81. The number of hydrogen-bond donors (Lipinski definition) is 1. The zero-order chi connectivity index (χ0) is 24.5. The number of nitrogens with one attached hydrogen (secondary N) is 1. The SMILES string of the molecule is COc1ncc(-n2nc(-c3cnn(C[C@@H]4CCN(C(C)C)C[C@@H]4F)c3)c3c2NCOCC3)cc1F. The van der Waals surface area contributed by atoms with Gasteiger partial charge >= 0.3 is 0 Å². The minimum Gasteiger partial charge on any atom is -0.479 e. The molecule has 2 aliphatic rings. The molecule has 0 aromatic carbocycles. The number of anilines is 1. The van der Waals surface area contributed by atoms with Crippen LogP contribution in [0.25, 0.3) is 16.9 Å². The van der Waals surface area contributed by atoms with Crippen molar-refractivity contribution in [2.24, 2.45) is 5.92 Å². The summed E-state index contributed by atoms with van der Waals surface area (Å²) in [4.78, 5) is 6.23. The maximum atomic E-state index is 14.9. The topological polar surface area (TPSA) is 82.3 Å². The highest BCUT2D eigenvalue weighted by molar-refractivity contribution is 5.70. The summed E-state index contributed by atoms with van der Waals surface area (Å²) in [5, 5.41) is 12.5. The molecule has 3 aromatic rings. The number of ether oxygens (including phenoxy) is 2. The predicted octanol–water partition coefficient (Wildman–Crippen LogP) is 3.29. The number of likely N-dealkylation sites (tertiary alicyclic amines) is 1. The average molecular weight is 488 g/mol. The van der Waals surface area contributed by atoms with Crippen LogP contribution in [0.3, 0.4) is 0 Å². The zero-order valence-electron chi connectivity index (χ0n) is 20.2. The summed E-state index contributed by atoms with van der Waals surface area (Å²) in [6.07, 6.45) is 5.73. The molecule has 0 spiro atoms. The summed E-state index contributed by atoms with van der Waals surface area (Å²) in [6, 6.07) is 1.69. The molecule has 9 nitrogen and oxygen atoms in total. The molecule has 1 fully saturated rings. The van der Waals surface area contributed by atoms with E-state index in [1.165, 1.54) is 19.4 Å². The molecule has 0 unspecified atom stereocenters. The molecule has 1 saturated heterocycles. The van der Waals surface area contributed by atoms with E-state index in [4.69, 9.17) is 14.6 Å². The summed E-state index contributed by atoms with van der Waals surface area (Å²) >= 11 is 0. The van der Waals surface area contributed by atoms with Crippen LogP contribution in [0.15, 0.2) is 24.7 Å². The van der Waals surface area contributed by atoms with Gasteiger partial charge in [0.1, 0.15) is 24.4 Å². The monoisotopic (exact) mass is 487 g/mol. The number of fused-ring (bicyclic) bond motifs is 1. The number of piperidine rings is 1. The molecule has 1 N–H and O–H groups in total. The normalized spacial score (nSPS) is 21.0. The number of alkyl halides is 1. The van der Waals surface area contributed by atoms with Gasteiger partial charge in [0.25, 0.3) is 0 Å². The second-order valence-corrected chi connectivity index (χ2v) is 9.36. The van der Waals surface area contributed by atoms with Gasteiger partial charge in [-0.25, -0.2) is 18.4 Å². The Morgan fingerprint density at radius 1 is 1.31 bits per heavy atom. The Hall–Kier alpha value is -3.05. The Balaban J connectivity index is 1.42. The molecule has 0 amide bonds. The van der Waals surface area contributed by atoms with E-state index in [1.54, 1.807) is 15.6 Å². The standard InChI is InChI=1S/C24H31F2N7O2/c1-15(2)31-6-4-16(21(26)13-31)11-32-12-17(9-29-32)22-19-5-7-35-14-28-23(19)33(30-22)18-8-20(25)24(34-3)27-10-18/h8-10,12,15-16,21,28H,4-7,11,13-14H2,1-3H3/t16-,21-/m0/s1. The van der Waals surface area contributed by atoms with Gasteiger partial charge in [0.2, 0.25) is 5.88 Å². The Morgan fingerprint density at radius 3 is 2.91 bits per heavy atom. The second kappa shape index (κ2) is 9.90. The molecule has 11 heteroatoms. The quantitative estimate of drug-likeness (QED) is 0.571. The van der Waals surface area contributed by atoms with Crippen molar-refractivity contribution in [3.63, 3.8) is 0 Å². The zero-order valence-corrected chi connectivity index (χ0v) is 20.2. The van der Waals surface area contributed by atoms with E-state index in [0.29, 0.717) is 44.6 Å². The van der Waals surface area contributed by atoms with Crippen molar-refractivity contribution < 1.29 is 18.3 Å². The van der Waals surface area contributed by atoms with Crippen LogP contribution in [0, 0.1) is 11.7 Å². The lowest BCUT2D eigenvalue weighted by Crippen LogP contribution is -2.46. The number of halogens is 2. The van der Waals surface area contributed by atoms with Crippen LogP contribution in [-0.4, -0.2) is 75.2 Å². The minimum atomic E-state index is -0.881. The maximum Gasteiger partial charge on any atom is 0.250 e. The van der Waals surface area contributed by atoms with E-state index in [0.717, 1.165) is 35.6 Å². The number of rotatable bonds is 6. The third kappa shape index (κ3) is 4.74. The van der Waals surface area contributed by atoms with Gasteiger partial charge < -0.3 is 14.8 Å². The Morgan fingerprint density at radius 2 is 2.17 bits per heavy atom. The van der Waals surface area contributed by atoms with Gasteiger partial charge in [-0.2, -0.15) is 10.2 Å². The van der Waals surface area contributed by atoms with Gasteiger partial charge in [-0.3, -0.25) is 9.58 Å². The van der Waals surface area contributed by atoms with E-state index in [-0.39, 0.29) is 11.8 Å². The highest BCUT2D eigenvalue weighted by Gasteiger charge is 2.31. The summed E-state index contributed by atoms with van der Waals surface area (Å²) in [5.41, 5.74) is 2.96. The molecular weight excluding hydrogens is 456 g/mol. The number of nitrogens with zero attached hydrogens (tertiary/aromatic N) is 6. The summed E-state index contributed by atoms with van der Waals surface area (Å²) < 4.78 is 43.2. The number of hydrogen-bond acceptors (Lipinski definition) is 7. The molecule has 0 bridgehead atoms. The Labute approximate surface area is 203 Å². The van der Waals surface area contributed by atoms with Crippen molar-refractivity contribution in [3.05, 3.63) is 36.0 Å². The van der Waals surface area contributed by atoms with Crippen molar-refractivity contribution in [2.75, 3.05) is 38.9 Å². The van der Waals surface area contributed by atoms with Crippen LogP contribution in [-0.2, 0) is 17.7 Å². The Bertz CT molecular complexity index is 1180. The van der Waals surface area contributed by atoms with Crippen LogP contribution >= 0.6 is 0 Å². The lowest BCUT2D eigenvalue weighted by molar-refractivity contribution is 0.0563. The fourth-order valence-corrected chi connectivity index (χ4v) is 4.81. The van der Waals surface area contributed by atoms with Gasteiger partial charge in [0.05, 0.1) is 31.8 Å². The molecule has 2 aliphatic heterocycles. The lowest BCUT2D eigenvalue weighted by atomic mass is 9.94. The number of methoxy groups -OCH3 is 1. The smallest absolute Gasteiger partial charge is 0.250 e. The van der Waals surface area contributed by atoms with Gasteiger partial charge in [-0.1, -0.05) is 0 Å². The number of pyridine rings is 1. The first-order chi connectivity index (χ1) is 16.9. The van der Waals surface area contributed by atoms with Crippen LogP contribution < -0.4 is 10.1 Å². The van der Waals surface area contributed by atoms with Gasteiger partial charge in [0, 0.05) is 54.9 Å². The largest absolute Gasteiger partial charge is 0.479 e. The second-order valence-electron chi connectivity index (χ2n) is 9.36. The van der Waals surface area contributed by atoms with Gasteiger partial charge in [0.15, 0.2) is 5.82 Å². The lowest BCUT2D eigenvalue weighted by Gasteiger charge is -2.36. The molecule has 0 aliphatic carbocycles. The third-order valence-electron chi connectivity index (χ3n) is 6.82. The van der Waals surface area contributed by atoms with Crippen LogP contribution in [0.2, 0.25) is 0 Å². The van der Waals surface area contributed by atoms with E-state index in [1.807, 2.05) is 6.20 Å². The molecule has 2 atom stereocenters. The van der Waals surface area contributed by atoms with E-state index < -0.39 is 12.0 Å². The highest BCUT2D eigenvalue weighted by atomic mass is 19.1. The molecule has 3 aromatic heterocycles. The fraction of sp³-hybridized carbons (Fsp3) is 0.542. The van der Waals surface area contributed by atoms with E-state index >= 15 is 0 Å². The summed E-state index contributed by atoms with van der Waals surface area (Å²) in [7, 11) is 1.37. The maximum absolute atomic E-state index is 14.9. The molecular formula is C24H31F2N7O2. The third-order valence-corrected chi connectivity index (χ3v) is 6.82. The van der Waals surface area contributed by atoms with E-state index in [2.05, 4.69) is 34.1 Å². The summed E-state index contributed by atoms with van der Waals surface area (Å²) in [6.45, 7) is 6.93. The van der Waals surface area contributed by atoms with Crippen LogP contribution in [0.1, 0.15) is 25.8 Å². The van der Waals surface area contributed by atoms with Crippen LogP contribution in [0.4, 0.5) is 14.6 Å². The van der Waals surface area contributed by atoms with Gasteiger partial charge in [-0.05, 0) is 26.8 Å². The highest BCUT2D eigenvalue weighted by Crippen LogP contribution is 2.33. The average Bonchev–Trinajstić information content (AvgIpc) is 3.37. The van der Waals surface area contributed by atoms with E-state index in [9.17, 15) is 8.78 Å². The molecule has 0 saturated carbocycles. The summed E-state index contributed by atoms with van der Waals surface area (Å²) in [5.74, 6) is 0.00491. The first-order valence-electron chi connectivity index (χ1n) is 12.0. The molecule has 5 heterocycles. The molecule has 0 radical (unpaired) electrons. The van der Waals surface area contributed by atoms with Crippen molar-refractivity contribution in [1.82, 2.24) is 29.4 Å². The first-order valence-corrected chi connectivity index (χ1v) is 12.0. The Kier molecular flexibility index (Phi) is 6.70. The van der Waals surface area contributed by atoms with Gasteiger partial charge in [-0.15, -0.1) is 0 Å². The number of aromatic nitrogens is 5. The van der Waals surface area contributed by atoms with Crippen molar-refractivity contribution in [2.45, 2.75) is 45.4 Å². The molecule has 188 valence electrons.